The molecule has 1 aliphatic carbocycles. The van der Waals surface area contributed by atoms with Gasteiger partial charge in [0.1, 0.15) is 5.82 Å². The van der Waals surface area contributed by atoms with Crippen LogP contribution in [-0.4, -0.2) is 42.3 Å². The van der Waals surface area contributed by atoms with E-state index in [9.17, 15) is 17.6 Å². The monoisotopic (exact) mass is 410 g/mol. The highest BCUT2D eigenvalue weighted by atomic mass is 32.2. The highest BCUT2D eigenvalue weighted by molar-refractivity contribution is 8.16. The number of amidine groups is 1. The summed E-state index contributed by atoms with van der Waals surface area (Å²) in [5, 5.41) is 0.411. The molecule has 0 bridgehead atoms. The molecule has 5 nitrogen and oxygen atoms in total. The van der Waals surface area contributed by atoms with Gasteiger partial charge in [-0.05, 0) is 43.0 Å². The van der Waals surface area contributed by atoms with Crippen molar-refractivity contribution in [1.82, 2.24) is 0 Å². The van der Waals surface area contributed by atoms with Gasteiger partial charge in [-0.2, -0.15) is 4.99 Å². The van der Waals surface area contributed by atoms with E-state index in [4.69, 9.17) is 0 Å². The number of rotatable bonds is 3. The van der Waals surface area contributed by atoms with Gasteiger partial charge in [-0.25, -0.2) is 12.8 Å². The average Bonchev–Trinajstić information content (AvgIpc) is 3.07. The van der Waals surface area contributed by atoms with Crippen LogP contribution in [0, 0.1) is 11.7 Å². The third-order valence-corrected chi connectivity index (χ3v) is 8.79. The van der Waals surface area contributed by atoms with E-state index in [0.717, 1.165) is 12.8 Å². The standard InChI is InChI=1S/C19H23FN2O3S2/c20-14-6-8-15(9-7-14)22-16-11-27(24,25)12-17(16)26-19(22)21-18(23)10-13-4-2-1-3-5-13/h6-9,13,16-17H,1-5,10-12H2. The van der Waals surface area contributed by atoms with Gasteiger partial charge in [0, 0.05) is 17.4 Å². The van der Waals surface area contributed by atoms with E-state index >= 15 is 0 Å². The van der Waals surface area contributed by atoms with Crippen LogP contribution in [0.3, 0.4) is 0 Å². The summed E-state index contributed by atoms with van der Waals surface area (Å²) in [6.07, 6.45) is 6.20. The number of sulfone groups is 1. The van der Waals surface area contributed by atoms with Gasteiger partial charge in [0.2, 0.25) is 5.91 Å². The molecule has 0 radical (unpaired) electrons. The first-order valence-electron chi connectivity index (χ1n) is 9.45. The molecule has 2 heterocycles. The largest absolute Gasteiger partial charge is 0.316 e. The minimum atomic E-state index is -3.11. The van der Waals surface area contributed by atoms with Crippen LogP contribution in [0.4, 0.5) is 10.1 Å². The Balaban J connectivity index is 1.58. The molecule has 146 valence electrons. The summed E-state index contributed by atoms with van der Waals surface area (Å²) in [5.74, 6) is 0.0434. The van der Waals surface area contributed by atoms with Crippen molar-refractivity contribution in [2.45, 2.75) is 49.8 Å². The maximum atomic E-state index is 13.3. The Morgan fingerprint density at radius 2 is 1.85 bits per heavy atom. The van der Waals surface area contributed by atoms with Crippen LogP contribution in [-0.2, 0) is 14.6 Å². The smallest absolute Gasteiger partial charge is 0.248 e. The van der Waals surface area contributed by atoms with Gasteiger partial charge in [0.25, 0.3) is 0 Å². The van der Waals surface area contributed by atoms with Crippen molar-refractivity contribution in [3.8, 4) is 0 Å². The van der Waals surface area contributed by atoms with Crippen LogP contribution in [0.1, 0.15) is 38.5 Å². The summed E-state index contributed by atoms with van der Waals surface area (Å²) in [7, 11) is -3.11. The van der Waals surface area contributed by atoms with E-state index in [-0.39, 0.29) is 34.5 Å². The molecule has 27 heavy (non-hydrogen) atoms. The zero-order valence-corrected chi connectivity index (χ0v) is 16.6. The molecule has 1 amide bonds. The number of nitrogens with zero attached hydrogens (tertiary/aromatic N) is 2. The van der Waals surface area contributed by atoms with Gasteiger partial charge in [-0.1, -0.05) is 31.0 Å². The Hall–Kier alpha value is -1.41. The van der Waals surface area contributed by atoms with Crippen LogP contribution in [0.15, 0.2) is 29.3 Å². The number of hydrogen-bond donors (Lipinski definition) is 0. The molecule has 3 aliphatic rings. The van der Waals surface area contributed by atoms with Crippen LogP contribution >= 0.6 is 11.8 Å². The molecule has 1 saturated carbocycles. The number of anilines is 1. The van der Waals surface area contributed by atoms with Crippen molar-refractivity contribution in [3.63, 3.8) is 0 Å². The molecule has 2 saturated heterocycles. The summed E-state index contributed by atoms with van der Waals surface area (Å²) >= 11 is 1.36. The van der Waals surface area contributed by atoms with Gasteiger partial charge in [-0.3, -0.25) is 4.79 Å². The summed E-state index contributed by atoms with van der Waals surface area (Å²) < 4.78 is 37.4. The molecule has 0 N–H and O–H groups in total. The number of aliphatic imine (C=N–C) groups is 1. The maximum absolute atomic E-state index is 13.3. The highest BCUT2D eigenvalue weighted by Gasteiger charge is 2.49. The van der Waals surface area contributed by atoms with E-state index in [1.54, 1.807) is 12.1 Å². The maximum Gasteiger partial charge on any atom is 0.248 e. The van der Waals surface area contributed by atoms with Crippen LogP contribution in [0.2, 0.25) is 0 Å². The lowest BCUT2D eigenvalue weighted by molar-refractivity contribution is -0.118. The first-order chi connectivity index (χ1) is 12.9. The lowest BCUT2D eigenvalue weighted by Gasteiger charge is -2.24. The van der Waals surface area contributed by atoms with Gasteiger partial charge >= 0.3 is 0 Å². The molecule has 1 aromatic rings. The lowest BCUT2D eigenvalue weighted by Crippen LogP contribution is -2.37. The predicted octanol–water partition coefficient (Wildman–Crippen LogP) is 3.40. The first kappa shape index (κ1) is 18.9. The molecule has 0 aromatic heterocycles. The number of fused-ring (bicyclic) bond motifs is 1. The van der Waals surface area contributed by atoms with Crippen LogP contribution < -0.4 is 4.90 Å². The van der Waals surface area contributed by atoms with E-state index < -0.39 is 9.84 Å². The molecule has 2 atom stereocenters. The molecule has 8 heteroatoms. The van der Waals surface area contributed by atoms with Crippen molar-refractivity contribution in [3.05, 3.63) is 30.1 Å². The Labute approximate surface area is 163 Å². The second-order valence-corrected chi connectivity index (χ2v) is 11.0. The quantitative estimate of drug-likeness (QED) is 0.764. The summed E-state index contributed by atoms with van der Waals surface area (Å²) in [4.78, 5) is 18.7. The zero-order valence-electron chi connectivity index (χ0n) is 15.0. The van der Waals surface area contributed by atoms with Gasteiger partial charge < -0.3 is 4.90 Å². The van der Waals surface area contributed by atoms with Crippen molar-refractivity contribution in [2.24, 2.45) is 10.9 Å². The highest BCUT2D eigenvalue weighted by Crippen LogP contribution is 2.41. The SMILES string of the molecule is O=C(CC1CCCCC1)N=C1SC2CS(=O)(=O)CC2N1c1ccc(F)cc1. The Morgan fingerprint density at radius 1 is 1.15 bits per heavy atom. The second-order valence-electron chi connectivity index (χ2n) is 7.64. The third-order valence-electron chi connectivity index (χ3n) is 5.58. The molecule has 2 unspecified atom stereocenters. The van der Waals surface area contributed by atoms with Crippen molar-refractivity contribution >= 4 is 38.4 Å². The number of carbonyl (C=O) groups excluding carboxylic acids is 1. The van der Waals surface area contributed by atoms with E-state index in [2.05, 4.69) is 4.99 Å². The third kappa shape index (κ3) is 4.21. The molecular weight excluding hydrogens is 387 g/mol. The van der Waals surface area contributed by atoms with Gasteiger partial charge in [-0.15, -0.1) is 0 Å². The first-order valence-corrected chi connectivity index (χ1v) is 12.1. The number of benzene rings is 1. The topological polar surface area (TPSA) is 66.8 Å². The van der Waals surface area contributed by atoms with Gasteiger partial charge in [0.15, 0.2) is 15.0 Å². The van der Waals surface area contributed by atoms with Crippen molar-refractivity contribution < 1.29 is 17.6 Å². The minimum Gasteiger partial charge on any atom is -0.316 e. The lowest BCUT2D eigenvalue weighted by atomic mass is 9.87. The minimum absolute atomic E-state index is 0.0396. The van der Waals surface area contributed by atoms with Crippen LogP contribution in [0.5, 0.6) is 0 Å². The molecule has 0 spiro atoms. The normalized spacial score (nSPS) is 29.2. The number of carbonyl (C=O) groups is 1. The summed E-state index contributed by atoms with van der Waals surface area (Å²) in [6.45, 7) is 0. The molecule has 2 aliphatic heterocycles. The fourth-order valence-electron chi connectivity index (χ4n) is 4.26. The fourth-order valence-corrected chi connectivity index (χ4v) is 8.19. The average molecular weight is 411 g/mol. The number of hydrogen-bond acceptors (Lipinski definition) is 4. The number of amides is 1. The van der Waals surface area contributed by atoms with Crippen LogP contribution in [0.25, 0.3) is 0 Å². The van der Waals surface area contributed by atoms with E-state index in [1.165, 1.54) is 43.2 Å². The van der Waals surface area contributed by atoms with E-state index in [0.29, 0.717) is 23.2 Å². The van der Waals surface area contributed by atoms with Crippen molar-refractivity contribution in [1.29, 1.82) is 0 Å². The van der Waals surface area contributed by atoms with Gasteiger partial charge in [0.05, 0.1) is 17.5 Å². The van der Waals surface area contributed by atoms with Crippen molar-refractivity contribution in [2.75, 3.05) is 16.4 Å². The molecule has 4 rings (SSSR count). The molecule has 1 aromatic carbocycles. The summed E-state index contributed by atoms with van der Waals surface area (Å²) in [6, 6.07) is 5.66. The predicted molar refractivity (Wildman–Crippen MR) is 106 cm³/mol. The molecule has 3 fully saturated rings. The Kier molecular flexibility index (Phi) is 5.29. The zero-order chi connectivity index (χ0) is 19.0. The second kappa shape index (κ2) is 7.54. The fraction of sp³-hybridized carbons (Fsp3) is 0.579. The van der Waals surface area contributed by atoms with E-state index in [1.807, 2.05) is 4.90 Å². The molecular formula is C19H23FN2O3S2. The summed E-state index contributed by atoms with van der Waals surface area (Å²) in [5.41, 5.74) is 0.678. The number of thioether (sulfide) groups is 1. The Bertz CT molecular complexity index is 848. The number of halogens is 1. The Morgan fingerprint density at radius 3 is 2.56 bits per heavy atom.